The Morgan fingerprint density at radius 3 is 2.80 bits per heavy atom. The highest BCUT2D eigenvalue weighted by atomic mass is 32.1. The molecule has 1 aromatic rings. The Morgan fingerprint density at radius 2 is 2.33 bits per heavy atom. The lowest BCUT2D eigenvalue weighted by Crippen LogP contribution is -2.39. The minimum atomic E-state index is 0.0222. The van der Waals surface area contributed by atoms with Gasteiger partial charge in [-0.1, -0.05) is 6.07 Å². The van der Waals surface area contributed by atoms with Crippen LogP contribution in [-0.4, -0.2) is 35.1 Å². The molecule has 15 heavy (non-hydrogen) atoms. The van der Waals surface area contributed by atoms with Crippen LogP contribution in [0.3, 0.4) is 0 Å². The maximum Gasteiger partial charge on any atom is 0.228 e. The molecule has 1 N–H and O–H groups in total. The number of amides is 1. The maximum absolute atomic E-state index is 11.9. The average Bonchev–Trinajstić information content (AvgIpc) is 2.65. The largest absolute Gasteiger partial charge is 0.395 e. The molecule has 0 saturated carbocycles. The molecule has 0 fully saturated rings. The first-order valence-corrected chi connectivity index (χ1v) is 5.96. The summed E-state index contributed by atoms with van der Waals surface area (Å²) in [5.74, 6) is 0.0847. The minimum Gasteiger partial charge on any atom is -0.395 e. The van der Waals surface area contributed by atoms with Crippen molar-refractivity contribution in [2.75, 3.05) is 13.2 Å². The van der Waals surface area contributed by atoms with Gasteiger partial charge >= 0.3 is 0 Å². The Balaban J connectivity index is 2.56. The summed E-state index contributed by atoms with van der Waals surface area (Å²) in [6.45, 7) is 4.36. The van der Waals surface area contributed by atoms with E-state index in [1.807, 2.05) is 31.4 Å². The summed E-state index contributed by atoms with van der Waals surface area (Å²) in [6, 6.07) is 4.05. The second-order valence-electron chi connectivity index (χ2n) is 3.66. The summed E-state index contributed by atoms with van der Waals surface area (Å²) >= 11 is 1.59. The van der Waals surface area contributed by atoms with Gasteiger partial charge in [-0.05, 0) is 25.3 Å². The van der Waals surface area contributed by atoms with E-state index < -0.39 is 0 Å². The fourth-order valence-electron chi connectivity index (χ4n) is 1.44. The van der Waals surface area contributed by atoms with E-state index in [0.717, 1.165) is 4.88 Å². The molecule has 0 radical (unpaired) electrons. The van der Waals surface area contributed by atoms with Crippen molar-refractivity contribution in [1.29, 1.82) is 0 Å². The molecule has 1 heterocycles. The number of nitrogens with zero attached hydrogens (tertiary/aromatic N) is 1. The first-order chi connectivity index (χ1) is 7.15. The molecule has 1 amide bonds. The summed E-state index contributed by atoms with van der Waals surface area (Å²) in [6.07, 6.45) is 0.440. The molecular weight excluding hydrogens is 210 g/mol. The number of hydrogen-bond donors (Lipinski definition) is 1. The average molecular weight is 227 g/mol. The predicted molar refractivity (Wildman–Crippen MR) is 62.0 cm³/mol. The molecule has 0 unspecified atom stereocenters. The molecular formula is C11H17NO2S. The van der Waals surface area contributed by atoms with Crippen molar-refractivity contribution in [2.45, 2.75) is 26.3 Å². The van der Waals surface area contributed by atoms with Gasteiger partial charge in [-0.3, -0.25) is 4.79 Å². The van der Waals surface area contributed by atoms with Crippen LogP contribution in [0.25, 0.3) is 0 Å². The predicted octanol–water partition coefficient (Wildman–Crippen LogP) is 1.52. The van der Waals surface area contributed by atoms with Crippen molar-refractivity contribution in [3.8, 4) is 0 Å². The molecule has 0 atom stereocenters. The van der Waals surface area contributed by atoms with Gasteiger partial charge in [-0.25, -0.2) is 0 Å². The third kappa shape index (κ3) is 3.64. The van der Waals surface area contributed by atoms with E-state index in [1.165, 1.54) is 0 Å². The second-order valence-corrected chi connectivity index (χ2v) is 4.69. The molecule has 0 spiro atoms. The lowest BCUT2D eigenvalue weighted by Gasteiger charge is -2.25. The lowest BCUT2D eigenvalue weighted by molar-refractivity contribution is -0.132. The van der Waals surface area contributed by atoms with E-state index in [-0.39, 0.29) is 18.6 Å². The molecule has 0 aromatic carbocycles. The summed E-state index contributed by atoms with van der Waals surface area (Å²) in [5, 5.41) is 10.8. The molecule has 1 aromatic heterocycles. The number of aliphatic hydroxyl groups is 1. The van der Waals surface area contributed by atoms with Crippen LogP contribution in [0.4, 0.5) is 0 Å². The standard InChI is InChI=1S/C11H17NO2S/c1-9(2)12(5-6-13)11(14)8-10-4-3-7-15-10/h3-4,7,9,13H,5-6,8H2,1-2H3. The fraction of sp³-hybridized carbons (Fsp3) is 0.545. The summed E-state index contributed by atoms with van der Waals surface area (Å²) < 4.78 is 0. The molecule has 0 saturated heterocycles. The van der Waals surface area contributed by atoms with Crippen LogP contribution in [0.2, 0.25) is 0 Å². The Bertz CT molecular complexity index is 296. The number of carbonyl (C=O) groups excluding carboxylic acids is 1. The first-order valence-electron chi connectivity index (χ1n) is 5.08. The normalized spacial score (nSPS) is 10.7. The van der Waals surface area contributed by atoms with Crippen LogP contribution in [0, 0.1) is 0 Å². The molecule has 4 heteroatoms. The van der Waals surface area contributed by atoms with Gasteiger partial charge in [0.25, 0.3) is 0 Å². The van der Waals surface area contributed by atoms with Crippen LogP contribution in [0.5, 0.6) is 0 Å². The third-order valence-corrected chi connectivity index (χ3v) is 3.07. The smallest absolute Gasteiger partial charge is 0.228 e. The minimum absolute atomic E-state index is 0.0222. The van der Waals surface area contributed by atoms with Gasteiger partial charge in [0.1, 0.15) is 0 Å². The maximum atomic E-state index is 11.9. The summed E-state index contributed by atoms with van der Waals surface area (Å²) in [4.78, 5) is 14.6. The highest BCUT2D eigenvalue weighted by molar-refractivity contribution is 7.10. The number of carbonyl (C=O) groups is 1. The van der Waals surface area contributed by atoms with Gasteiger partial charge < -0.3 is 10.0 Å². The molecule has 3 nitrogen and oxygen atoms in total. The van der Waals surface area contributed by atoms with Crippen molar-refractivity contribution in [3.05, 3.63) is 22.4 Å². The molecule has 0 aliphatic carbocycles. The number of rotatable bonds is 5. The van der Waals surface area contributed by atoms with E-state index >= 15 is 0 Å². The lowest BCUT2D eigenvalue weighted by atomic mass is 10.2. The van der Waals surface area contributed by atoms with Crippen LogP contribution in [0.1, 0.15) is 18.7 Å². The number of hydrogen-bond acceptors (Lipinski definition) is 3. The van der Waals surface area contributed by atoms with Crippen molar-refractivity contribution in [3.63, 3.8) is 0 Å². The van der Waals surface area contributed by atoms with Crippen LogP contribution >= 0.6 is 11.3 Å². The molecule has 1 rings (SSSR count). The SMILES string of the molecule is CC(C)N(CCO)C(=O)Cc1cccs1. The van der Waals surface area contributed by atoms with Gasteiger partial charge in [0, 0.05) is 17.5 Å². The van der Waals surface area contributed by atoms with E-state index in [0.29, 0.717) is 13.0 Å². The number of thiophene rings is 1. The van der Waals surface area contributed by atoms with Gasteiger partial charge in [-0.15, -0.1) is 11.3 Å². The quantitative estimate of drug-likeness (QED) is 0.828. The highest BCUT2D eigenvalue weighted by Gasteiger charge is 2.16. The molecule has 0 aliphatic rings. The van der Waals surface area contributed by atoms with Gasteiger partial charge in [0.15, 0.2) is 0 Å². The molecule has 0 bridgehead atoms. The Kier molecular flexibility index (Phi) is 4.78. The van der Waals surface area contributed by atoms with Crippen molar-refractivity contribution in [2.24, 2.45) is 0 Å². The summed E-state index contributed by atoms with van der Waals surface area (Å²) in [5.41, 5.74) is 0. The highest BCUT2D eigenvalue weighted by Crippen LogP contribution is 2.11. The van der Waals surface area contributed by atoms with Crippen molar-refractivity contribution >= 4 is 17.2 Å². The zero-order valence-corrected chi connectivity index (χ0v) is 9.96. The first kappa shape index (κ1) is 12.2. The second kappa shape index (κ2) is 5.88. The molecule has 0 aliphatic heterocycles. The van der Waals surface area contributed by atoms with E-state index in [9.17, 15) is 4.79 Å². The van der Waals surface area contributed by atoms with Crippen molar-refractivity contribution < 1.29 is 9.90 Å². The monoisotopic (exact) mass is 227 g/mol. The van der Waals surface area contributed by atoms with E-state index in [1.54, 1.807) is 16.2 Å². The van der Waals surface area contributed by atoms with Gasteiger partial charge in [-0.2, -0.15) is 0 Å². The number of aliphatic hydroxyl groups excluding tert-OH is 1. The zero-order valence-electron chi connectivity index (χ0n) is 9.14. The van der Waals surface area contributed by atoms with E-state index in [2.05, 4.69) is 0 Å². The van der Waals surface area contributed by atoms with E-state index in [4.69, 9.17) is 5.11 Å². The van der Waals surface area contributed by atoms with Crippen LogP contribution in [0.15, 0.2) is 17.5 Å². The van der Waals surface area contributed by atoms with Gasteiger partial charge in [0.2, 0.25) is 5.91 Å². The van der Waals surface area contributed by atoms with Crippen LogP contribution < -0.4 is 0 Å². The third-order valence-electron chi connectivity index (χ3n) is 2.19. The topological polar surface area (TPSA) is 40.5 Å². The van der Waals surface area contributed by atoms with Gasteiger partial charge in [0.05, 0.1) is 13.0 Å². The Hall–Kier alpha value is -0.870. The zero-order chi connectivity index (χ0) is 11.3. The fourth-order valence-corrected chi connectivity index (χ4v) is 2.14. The molecule has 84 valence electrons. The Morgan fingerprint density at radius 1 is 1.60 bits per heavy atom. The Labute approximate surface area is 94.3 Å². The summed E-state index contributed by atoms with van der Waals surface area (Å²) in [7, 11) is 0. The van der Waals surface area contributed by atoms with Crippen molar-refractivity contribution in [1.82, 2.24) is 4.90 Å². The van der Waals surface area contributed by atoms with Crippen LogP contribution in [-0.2, 0) is 11.2 Å².